The minimum Gasteiger partial charge on any atom is -0.391 e. The van der Waals surface area contributed by atoms with E-state index >= 15 is 0 Å². The Kier molecular flexibility index (Phi) is 4.64. The maximum atomic E-state index is 12.0. The van der Waals surface area contributed by atoms with Crippen LogP contribution in [-0.4, -0.2) is 42.2 Å². The van der Waals surface area contributed by atoms with Gasteiger partial charge in [0.05, 0.1) is 18.7 Å². The zero-order valence-corrected chi connectivity index (χ0v) is 14.0. The van der Waals surface area contributed by atoms with Crippen LogP contribution >= 0.6 is 23.2 Å². The lowest BCUT2D eigenvalue weighted by Crippen LogP contribution is -2.40. The Morgan fingerprint density at radius 1 is 1.41 bits per heavy atom. The second-order valence-electron chi connectivity index (χ2n) is 6.33. The molecule has 0 spiro atoms. The summed E-state index contributed by atoms with van der Waals surface area (Å²) in [5.74, 6) is 0.646. The number of nitrogens with zero attached hydrogens (tertiary/aromatic N) is 1. The number of benzene rings is 1. The fourth-order valence-electron chi connectivity index (χ4n) is 3.12. The first kappa shape index (κ1) is 16.1. The third kappa shape index (κ3) is 3.40. The highest BCUT2D eigenvalue weighted by atomic mass is 35.5. The van der Waals surface area contributed by atoms with Gasteiger partial charge in [-0.25, -0.2) is 0 Å². The Morgan fingerprint density at radius 2 is 2.14 bits per heavy atom. The summed E-state index contributed by atoms with van der Waals surface area (Å²) in [7, 11) is 1.84. The molecule has 4 nitrogen and oxygen atoms in total. The number of halogens is 2. The monoisotopic (exact) mass is 342 g/mol. The molecular formula is C16H20Cl2N2O2. The molecule has 22 heavy (non-hydrogen) atoms. The van der Waals surface area contributed by atoms with E-state index < -0.39 is 6.10 Å². The molecule has 1 saturated carbocycles. The molecule has 1 aromatic rings. The third-order valence-electron chi connectivity index (χ3n) is 4.44. The second kappa shape index (κ2) is 6.36. The average molecular weight is 343 g/mol. The van der Waals surface area contributed by atoms with Gasteiger partial charge in [-0.2, -0.15) is 0 Å². The van der Waals surface area contributed by atoms with Gasteiger partial charge in [0.15, 0.2) is 0 Å². The smallest absolute Gasteiger partial charge is 0.234 e. The van der Waals surface area contributed by atoms with Crippen molar-refractivity contribution in [3.63, 3.8) is 0 Å². The zero-order valence-electron chi connectivity index (χ0n) is 12.5. The van der Waals surface area contributed by atoms with Crippen molar-refractivity contribution in [3.05, 3.63) is 33.3 Å². The van der Waals surface area contributed by atoms with E-state index in [0.717, 1.165) is 17.7 Å². The summed E-state index contributed by atoms with van der Waals surface area (Å²) >= 11 is 12.3. The van der Waals surface area contributed by atoms with Crippen molar-refractivity contribution < 1.29 is 9.90 Å². The second-order valence-corrected chi connectivity index (χ2v) is 7.18. The average Bonchev–Trinajstić information content (AvgIpc) is 3.19. The van der Waals surface area contributed by atoms with Crippen LogP contribution in [0.2, 0.25) is 10.0 Å². The lowest BCUT2D eigenvalue weighted by molar-refractivity contribution is -0.122. The molecule has 2 aliphatic rings. The van der Waals surface area contributed by atoms with Crippen molar-refractivity contribution in [2.45, 2.75) is 31.4 Å². The normalized spacial score (nSPS) is 23.7. The van der Waals surface area contributed by atoms with E-state index in [1.165, 1.54) is 12.8 Å². The maximum absolute atomic E-state index is 12.0. The van der Waals surface area contributed by atoms with Crippen LogP contribution in [0.4, 0.5) is 0 Å². The Morgan fingerprint density at radius 3 is 2.82 bits per heavy atom. The number of rotatable bonds is 5. The summed E-state index contributed by atoms with van der Waals surface area (Å²) in [6.45, 7) is 1.01. The summed E-state index contributed by atoms with van der Waals surface area (Å²) in [6.07, 6.45) is 2.33. The van der Waals surface area contributed by atoms with Gasteiger partial charge in [0.25, 0.3) is 0 Å². The molecule has 6 heteroatoms. The van der Waals surface area contributed by atoms with Crippen molar-refractivity contribution in [1.82, 2.24) is 10.2 Å². The summed E-state index contributed by atoms with van der Waals surface area (Å²) in [4.78, 5) is 13.9. The molecule has 3 rings (SSSR count). The Bertz CT molecular complexity index is 590. The van der Waals surface area contributed by atoms with Gasteiger partial charge in [-0.15, -0.1) is 0 Å². The summed E-state index contributed by atoms with van der Waals surface area (Å²) in [6, 6.07) is 3.28. The standard InChI is InChI=1S/C16H20Cl2N2O2/c1-20(8-15(22)19-7-9-2-3-9)16-12-4-10(17)5-13(18)11(12)6-14(16)21/h4-5,9,14,16,21H,2-3,6-8H2,1H3,(H,19,22)/t14-,16+/m0/s1. The van der Waals surface area contributed by atoms with Gasteiger partial charge >= 0.3 is 0 Å². The van der Waals surface area contributed by atoms with E-state index in [4.69, 9.17) is 23.2 Å². The molecule has 0 bridgehead atoms. The molecule has 120 valence electrons. The summed E-state index contributed by atoms with van der Waals surface area (Å²) in [5, 5.41) is 14.4. The fraction of sp³-hybridized carbons (Fsp3) is 0.562. The molecule has 1 fully saturated rings. The minimum absolute atomic E-state index is 0.0109. The number of carbonyl (C=O) groups is 1. The number of aliphatic hydroxyl groups excluding tert-OH is 1. The number of hydrogen-bond acceptors (Lipinski definition) is 3. The van der Waals surface area contributed by atoms with E-state index in [2.05, 4.69) is 5.32 Å². The maximum Gasteiger partial charge on any atom is 0.234 e. The van der Waals surface area contributed by atoms with Gasteiger partial charge in [0, 0.05) is 23.0 Å². The molecular weight excluding hydrogens is 323 g/mol. The van der Waals surface area contributed by atoms with E-state index in [1.54, 1.807) is 6.07 Å². The van der Waals surface area contributed by atoms with E-state index in [9.17, 15) is 9.90 Å². The number of amides is 1. The molecule has 1 amide bonds. The number of likely N-dealkylation sites (N-methyl/N-ethyl adjacent to an activating group) is 1. The molecule has 0 unspecified atom stereocenters. The van der Waals surface area contributed by atoms with Crippen molar-refractivity contribution >= 4 is 29.1 Å². The summed E-state index contributed by atoms with van der Waals surface area (Å²) in [5.41, 5.74) is 1.84. The SMILES string of the molecule is CN(CC(=O)NCC1CC1)[C@@H]1c2cc(Cl)cc(Cl)c2C[C@@H]1O. The van der Waals surface area contributed by atoms with Crippen LogP contribution < -0.4 is 5.32 Å². The van der Waals surface area contributed by atoms with Crippen LogP contribution in [0.5, 0.6) is 0 Å². The van der Waals surface area contributed by atoms with Crippen molar-refractivity contribution in [2.75, 3.05) is 20.1 Å². The highest BCUT2D eigenvalue weighted by molar-refractivity contribution is 6.35. The molecule has 0 aliphatic heterocycles. The number of fused-ring (bicyclic) bond motifs is 1. The molecule has 2 atom stereocenters. The first-order valence-electron chi connectivity index (χ1n) is 7.58. The van der Waals surface area contributed by atoms with Crippen LogP contribution in [0, 0.1) is 5.92 Å². The fourth-order valence-corrected chi connectivity index (χ4v) is 3.71. The molecule has 2 N–H and O–H groups in total. The third-order valence-corrected chi connectivity index (χ3v) is 5.00. The van der Waals surface area contributed by atoms with Gasteiger partial charge in [-0.05, 0) is 49.1 Å². The van der Waals surface area contributed by atoms with E-state index in [1.807, 2.05) is 18.0 Å². The molecule has 0 heterocycles. The van der Waals surface area contributed by atoms with Crippen LogP contribution in [-0.2, 0) is 11.2 Å². The molecule has 0 aromatic heterocycles. The Balaban J connectivity index is 1.70. The first-order valence-corrected chi connectivity index (χ1v) is 8.34. The van der Waals surface area contributed by atoms with Gasteiger partial charge in [0.1, 0.15) is 0 Å². The zero-order chi connectivity index (χ0) is 15.9. The predicted molar refractivity (Wildman–Crippen MR) is 87.3 cm³/mol. The molecule has 0 radical (unpaired) electrons. The molecule has 0 saturated heterocycles. The van der Waals surface area contributed by atoms with E-state index in [0.29, 0.717) is 22.4 Å². The topological polar surface area (TPSA) is 52.6 Å². The van der Waals surface area contributed by atoms with Gasteiger partial charge in [-0.1, -0.05) is 23.2 Å². The van der Waals surface area contributed by atoms with Crippen LogP contribution in [0.1, 0.15) is 30.0 Å². The number of aliphatic hydroxyl groups is 1. The van der Waals surface area contributed by atoms with Gasteiger partial charge < -0.3 is 10.4 Å². The number of carbonyl (C=O) groups excluding carboxylic acids is 1. The lowest BCUT2D eigenvalue weighted by Gasteiger charge is -2.27. The Labute approximate surface area is 140 Å². The van der Waals surface area contributed by atoms with Gasteiger partial charge in [-0.3, -0.25) is 9.69 Å². The van der Waals surface area contributed by atoms with Crippen LogP contribution in [0.3, 0.4) is 0 Å². The molecule has 1 aromatic carbocycles. The van der Waals surface area contributed by atoms with E-state index in [-0.39, 0.29) is 18.5 Å². The van der Waals surface area contributed by atoms with Crippen LogP contribution in [0.15, 0.2) is 12.1 Å². The van der Waals surface area contributed by atoms with Crippen molar-refractivity contribution in [2.24, 2.45) is 5.92 Å². The highest BCUT2D eigenvalue weighted by Crippen LogP contribution is 2.40. The van der Waals surface area contributed by atoms with Crippen molar-refractivity contribution in [3.8, 4) is 0 Å². The Hall–Kier alpha value is -0.810. The minimum atomic E-state index is -0.577. The van der Waals surface area contributed by atoms with Crippen LogP contribution in [0.25, 0.3) is 0 Å². The first-order chi connectivity index (χ1) is 10.5. The van der Waals surface area contributed by atoms with Gasteiger partial charge in [0.2, 0.25) is 5.91 Å². The quantitative estimate of drug-likeness (QED) is 0.863. The molecule has 2 aliphatic carbocycles. The lowest BCUT2D eigenvalue weighted by atomic mass is 10.1. The van der Waals surface area contributed by atoms with Crippen molar-refractivity contribution in [1.29, 1.82) is 0 Å². The number of nitrogens with one attached hydrogen (secondary N) is 1. The highest BCUT2D eigenvalue weighted by Gasteiger charge is 2.36. The number of hydrogen-bond donors (Lipinski definition) is 2. The largest absolute Gasteiger partial charge is 0.391 e. The predicted octanol–water partition coefficient (Wildman–Crippen LogP) is 2.41. The summed E-state index contributed by atoms with van der Waals surface area (Å²) < 4.78 is 0.